The Labute approximate surface area is 126 Å². The maximum absolute atomic E-state index is 12.5. The Kier molecular flexibility index (Phi) is 3.16. The molecule has 0 aromatic heterocycles. The number of carboxylic acids is 1. The van der Waals surface area contributed by atoms with E-state index in [0.29, 0.717) is 31.1 Å². The first-order valence-electron chi connectivity index (χ1n) is 8.15. The van der Waals surface area contributed by atoms with E-state index in [0.717, 1.165) is 25.7 Å². The van der Waals surface area contributed by atoms with Crippen molar-refractivity contribution >= 4 is 11.9 Å². The van der Waals surface area contributed by atoms with Crippen molar-refractivity contribution in [3.05, 3.63) is 0 Å². The van der Waals surface area contributed by atoms with Crippen LogP contribution in [-0.4, -0.2) is 17.5 Å². The second kappa shape index (κ2) is 4.47. The van der Waals surface area contributed by atoms with Crippen molar-refractivity contribution in [3.63, 3.8) is 0 Å². The molecule has 0 amide bonds. The summed E-state index contributed by atoms with van der Waals surface area (Å²) in [6.07, 6.45) is 5.37. The summed E-state index contributed by atoms with van der Waals surface area (Å²) in [6.45, 7) is 5.76. The molecule has 4 bridgehead atoms. The average molecular weight is 293 g/mol. The fraction of sp³-hybridized carbons (Fsp3) is 0.882. The number of carboxylic acid groups (broad SMARTS) is 1. The molecule has 0 aliphatic heterocycles. The van der Waals surface area contributed by atoms with Gasteiger partial charge in [-0.3, -0.25) is 4.79 Å². The Balaban J connectivity index is 1.85. The molecular formula is C17H25O4-. The number of ether oxygens (including phenoxy) is 1. The molecular weight excluding hydrogens is 268 g/mol. The van der Waals surface area contributed by atoms with Crippen LogP contribution in [0, 0.1) is 22.7 Å². The van der Waals surface area contributed by atoms with E-state index in [1.54, 1.807) is 0 Å². The van der Waals surface area contributed by atoms with Gasteiger partial charge in [-0.05, 0) is 70.6 Å². The van der Waals surface area contributed by atoms with Crippen molar-refractivity contribution in [2.75, 3.05) is 0 Å². The quantitative estimate of drug-likeness (QED) is 0.744. The molecule has 4 aliphatic carbocycles. The van der Waals surface area contributed by atoms with E-state index in [4.69, 9.17) is 4.74 Å². The summed E-state index contributed by atoms with van der Waals surface area (Å²) in [4.78, 5) is 24.2. The first kappa shape index (κ1) is 14.9. The van der Waals surface area contributed by atoms with Crippen LogP contribution in [0.1, 0.15) is 65.7 Å². The molecule has 0 radical (unpaired) electrons. The fourth-order valence-corrected chi connectivity index (χ4v) is 5.02. The van der Waals surface area contributed by atoms with Gasteiger partial charge in [0, 0.05) is 11.4 Å². The van der Waals surface area contributed by atoms with Crippen LogP contribution >= 0.6 is 0 Å². The normalized spacial score (nSPS) is 41.1. The monoisotopic (exact) mass is 293 g/mol. The van der Waals surface area contributed by atoms with Crippen LogP contribution in [-0.2, 0) is 14.3 Å². The van der Waals surface area contributed by atoms with E-state index < -0.39 is 22.4 Å². The second-order valence-electron chi connectivity index (χ2n) is 8.34. The lowest BCUT2D eigenvalue weighted by molar-refractivity contribution is -0.332. The van der Waals surface area contributed by atoms with Crippen LogP contribution in [0.4, 0.5) is 0 Å². The summed E-state index contributed by atoms with van der Waals surface area (Å²) in [5, 5.41) is 11.7. The highest BCUT2D eigenvalue weighted by Gasteiger charge is 2.60. The van der Waals surface area contributed by atoms with Crippen molar-refractivity contribution < 1.29 is 19.4 Å². The van der Waals surface area contributed by atoms with Gasteiger partial charge in [0.2, 0.25) is 0 Å². The Morgan fingerprint density at radius 1 is 1.19 bits per heavy atom. The lowest BCUT2D eigenvalue weighted by Gasteiger charge is -2.61. The number of carbonyl (C=O) groups is 2. The predicted octanol–water partition coefficient (Wildman–Crippen LogP) is 2.05. The van der Waals surface area contributed by atoms with Gasteiger partial charge >= 0.3 is 5.97 Å². The van der Waals surface area contributed by atoms with Crippen LogP contribution in [0.15, 0.2) is 0 Å². The third-order valence-corrected chi connectivity index (χ3v) is 6.19. The van der Waals surface area contributed by atoms with Crippen molar-refractivity contribution in [3.8, 4) is 0 Å². The number of rotatable bonds is 4. The van der Waals surface area contributed by atoms with Gasteiger partial charge in [-0.1, -0.05) is 6.92 Å². The SMILES string of the molecule is CCC(C)(C)C(=O)OC12CC3CC(C1)CC(C(=O)[O-])(C3)C2. The van der Waals surface area contributed by atoms with Gasteiger partial charge in [0.15, 0.2) is 0 Å². The third-order valence-electron chi connectivity index (χ3n) is 6.19. The molecule has 4 nitrogen and oxygen atoms in total. The van der Waals surface area contributed by atoms with E-state index in [1.807, 2.05) is 20.8 Å². The van der Waals surface area contributed by atoms with Crippen molar-refractivity contribution in [1.29, 1.82) is 0 Å². The van der Waals surface area contributed by atoms with Crippen LogP contribution in [0.5, 0.6) is 0 Å². The molecule has 2 atom stereocenters. The van der Waals surface area contributed by atoms with Crippen molar-refractivity contribution in [1.82, 2.24) is 0 Å². The fourth-order valence-electron chi connectivity index (χ4n) is 5.02. The Bertz CT molecular complexity index is 465. The highest BCUT2D eigenvalue weighted by molar-refractivity contribution is 5.77. The van der Waals surface area contributed by atoms with Crippen LogP contribution < -0.4 is 5.11 Å². The lowest BCUT2D eigenvalue weighted by atomic mass is 9.48. The first-order chi connectivity index (χ1) is 9.70. The maximum Gasteiger partial charge on any atom is 0.312 e. The van der Waals surface area contributed by atoms with Gasteiger partial charge in [0.25, 0.3) is 0 Å². The molecule has 4 fully saturated rings. The van der Waals surface area contributed by atoms with E-state index >= 15 is 0 Å². The molecule has 4 heteroatoms. The van der Waals surface area contributed by atoms with E-state index in [1.165, 1.54) is 0 Å². The molecule has 0 aromatic carbocycles. The number of carbonyl (C=O) groups excluding carboxylic acids is 2. The third kappa shape index (κ3) is 2.27. The zero-order valence-electron chi connectivity index (χ0n) is 13.2. The Hall–Kier alpha value is -1.06. The number of aliphatic carboxylic acids is 1. The van der Waals surface area contributed by atoms with E-state index in [-0.39, 0.29) is 5.97 Å². The van der Waals surface area contributed by atoms with Gasteiger partial charge < -0.3 is 14.6 Å². The van der Waals surface area contributed by atoms with Crippen LogP contribution in [0.3, 0.4) is 0 Å². The lowest BCUT2D eigenvalue weighted by Crippen LogP contribution is -2.62. The molecule has 118 valence electrons. The number of esters is 1. The van der Waals surface area contributed by atoms with Crippen molar-refractivity contribution in [2.24, 2.45) is 22.7 Å². The topological polar surface area (TPSA) is 66.4 Å². The van der Waals surface area contributed by atoms with Gasteiger partial charge in [-0.2, -0.15) is 0 Å². The predicted molar refractivity (Wildman–Crippen MR) is 75.0 cm³/mol. The molecule has 0 N–H and O–H groups in total. The number of hydrogen-bond acceptors (Lipinski definition) is 4. The summed E-state index contributed by atoms with van der Waals surface area (Å²) in [5.74, 6) is -0.365. The molecule has 4 rings (SSSR count). The van der Waals surface area contributed by atoms with E-state index in [9.17, 15) is 14.7 Å². The molecule has 2 unspecified atom stereocenters. The minimum absolute atomic E-state index is 0.180. The van der Waals surface area contributed by atoms with E-state index in [2.05, 4.69) is 0 Å². The maximum atomic E-state index is 12.5. The van der Waals surface area contributed by atoms with Gasteiger partial charge in [-0.15, -0.1) is 0 Å². The molecule has 21 heavy (non-hydrogen) atoms. The molecule has 0 heterocycles. The molecule has 0 aromatic rings. The first-order valence-corrected chi connectivity index (χ1v) is 8.15. The standard InChI is InChI=1S/C17H26O4/c1-4-15(2,3)14(20)21-17-8-11-5-12(9-17)7-16(6-11,10-17)13(18)19/h11-12H,4-10H2,1-3H3,(H,18,19)/p-1. The summed E-state index contributed by atoms with van der Waals surface area (Å²) < 4.78 is 5.95. The largest absolute Gasteiger partial charge is 0.550 e. The van der Waals surface area contributed by atoms with Gasteiger partial charge in [0.1, 0.15) is 5.60 Å². The number of hydrogen-bond donors (Lipinski definition) is 0. The Morgan fingerprint density at radius 2 is 1.76 bits per heavy atom. The zero-order chi connectivity index (χ0) is 15.5. The second-order valence-corrected chi connectivity index (χ2v) is 8.34. The molecule has 0 saturated heterocycles. The highest BCUT2D eigenvalue weighted by Crippen LogP contribution is 2.62. The van der Waals surface area contributed by atoms with Crippen molar-refractivity contribution in [2.45, 2.75) is 71.3 Å². The van der Waals surface area contributed by atoms with Crippen LogP contribution in [0.25, 0.3) is 0 Å². The highest BCUT2D eigenvalue weighted by atomic mass is 16.6. The summed E-state index contributed by atoms with van der Waals surface area (Å²) in [7, 11) is 0. The van der Waals surface area contributed by atoms with Gasteiger partial charge in [0.05, 0.1) is 5.41 Å². The van der Waals surface area contributed by atoms with Gasteiger partial charge in [-0.25, -0.2) is 0 Å². The Morgan fingerprint density at radius 3 is 2.24 bits per heavy atom. The molecule has 4 aliphatic rings. The zero-order valence-corrected chi connectivity index (χ0v) is 13.2. The van der Waals surface area contributed by atoms with Crippen LogP contribution in [0.2, 0.25) is 0 Å². The summed E-state index contributed by atoms with van der Waals surface area (Å²) in [5.41, 5.74) is -1.80. The molecule has 4 saturated carbocycles. The molecule has 0 spiro atoms. The smallest absolute Gasteiger partial charge is 0.312 e. The summed E-state index contributed by atoms with van der Waals surface area (Å²) >= 11 is 0. The average Bonchev–Trinajstić information content (AvgIpc) is 2.36. The minimum Gasteiger partial charge on any atom is -0.550 e. The summed E-state index contributed by atoms with van der Waals surface area (Å²) in [6, 6.07) is 0. The minimum atomic E-state index is -0.938.